The van der Waals surface area contributed by atoms with Crippen molar-refractivity contribution in [3.8, 4) is 0 Å². The van der Waals surface area contributed by atoms with Gasteiger partial charge in [-0.25, -0.2) is 0 Å². The molecule has 1 atom stereocenters. The highest BCUT2D eigenvalue weighted by molar-refractivity contribution is 5.93. The Morgan fingerprint density at radius 1 is 1.09 bits per heavy atom. The summed E-state index contributed by atoms with van der Waals surface area (Å²) < 4.78 is 0. The molecule has 0 aromatic rings. The first-order valence-electron chi connectivity index (χ1n) is 13.2. The maximum atomic E-state index is 12.4. The number of allylic oxidation sites excluding steroid dienone is 9. The van der Waals surface area contributed by atoms with Gasteiger partial charge >= 0.3 is 0 Å². The van der Waals surface area contributed by atoms with Crippen molar-refractivity contribution in [2.75, 3.05) is 13.2 Å². The van der Waals surface area contributed by atoms with Crippen LogP contribution in [0.5, 0.6) is 0 Å². The number of aliphatic hydroxyl groups is 1. The Bertz CT molecular complexity index is 883. The average molecular weight is 483 g/mol. The van der Waals surface area contributed by atoms with Gasteiger partial charge in [-0.15, -0.1) is 0 Å². The molecule has 0 aromatic heterocycles. The monoisotopic (exact) mass is 482 g/mol. The van der Waals surface area contributed by atoms with Gasteiger partial charge in [-0.3, -0.25) is 9.59 Å². The van der Waals surface area contributed by atoms with Crippen molar-refractivity contribution in [2.24, 2.45) is 11.3 Å². The lowest BCUT2D eigenvalue weighted by Gasteiger charge is -2.32. The van der Waals surface area contributed by atoms with Crippen molar-refractivity contribution in [1.29, 1.82) is 0 Å². The molecule has 2 rings (SSSR count). The van der Waals surface area contributed by atoms with Crippen LogP contribution in [0.15, 0.2) is 58.7 Å². The molecule has 194 valence electrons. The average Bonchev–Trinajstić information content (AvgIpc) is 2.80. The maximum Gasteiger partial charge on any atom is 0.244 e. The lowest BCUT2D eigenvalue weighted by molar-refractivity contribution is -0.128. The van der Waals surface area contributed by atoms with Gasteiger partial charge in [0.05, 0.1) is 6.61 Å². The Kier molecular flexibility index (Phi) is 11.7. The normalized spacial score (nSPS) is 21.0. The van der Waals surface area contributed by atoms with Gasteiger partial charge in [-0.2, -0.15) is 0 Å². The number of carbonyl (C=O) groups is 2. The predicted molar refractivity (Wildman–Crippen MR) is 145 cm³/mol. The molecule has 2 amide bonds. The van der Waals surface area contributed by atoms with Crippen LogP contribution < -0.4 is 10.6 Å². The lowest BCUT2D eigenvalue weighted by atomic mass is 9.72. The molecule has 2 aliphatic rings. The SMILES string of the molecule is CC(C=CC1=C(C)CCCC1(C)C)=CC=CC(C)=CC(=O)N[C@@H](CO)C(=O)NCC1CCCCC1. The van der Waals surface area contributed by atoms with E-state index in [1.54, 1.807) is 0 Å². The molecule has 1 saturated carbocycles. The van der Waals surface area contributed by atoms with E-state index >= 15 is 0 Å². The summed E-state index contributed by atoms with van der Waals surface area (Å²) in [5.41, 5.74) is 5.04. The minimum atomic E-state index is -0.937. The number of aliphatic hydroxyl groups excluding tert-OH is 1. The lowest BCUT2D eigenvalue weighted by Crippen LogP contribution is -2.49. The number of amides is 2. The number of carbonyl (C=O) groups excluding carboxylic acids is 2. The van der Waals surface area contributed by atoms with Crippen molar-refractivity contribution < 1.29 is 14.7 Å². The first-order valence-corrected chi connectivity index (χ1v) is 13.2. The molecule has 0 unspecified atom stereocenters. The largest absolute Gasteiger partial charge is 0.394 e. The van der Waals surface area contributed by atoms with Gasteiger partial charge in [0, 0.05) is 12.6 Å². The molecule has 0 heterocycles. The fourth-order valence-electron chi connectivity index (χ4n) is 5.05. The number of hydrogen-bond donors (Lipinski definition) is 3. The van der Waals surface area contributed by atoms with Crippen molar-refractivity contribution in [3.05, 3.63) is 58.7 Å². The Morgan fingerprint density at radius 3 is 2.46 bits per heavy atom. The summed E-state index contributed by atoms with van der Waals surface area (Å²) in [6.45, 7) is 11.0. The molecule has 0 saturated heterocycles. The summed E-state index contributed by atoms with van der Waals surface area (Å²) in [7, 11) is 0. The second-order valence-electron chi connectivity index (χ2n) is 10.9. The quantitative estimate of drug-likeness (QED) is 0.276. The third kappa shape index (κ3) is 10.0. The third-order valence-corrected chi connectivity index (χ3v) is 7.24. The van der Waals surface area contributed by atoms with Gasteiger partial charge in [0.1, 0.15) is 6.04 Å². The van der Waals surface area contributed by atoms with E-state index < -0.39 is 12.6 Å². The van der Waals surface area contributed by atoms with Crippen LogP contribution in [0.25, 0.3) is 0 Å². The molecule has 1 fully saturated rings. The van der Waals surface area contributed by atoms with Crippen molar-refractivity contribution >= 4 is 11.8 Å². The molecule has 35 heavy (non-hydrogen) atoms. The highest BCUT2D eigenvalue weighted by Crippen LogP contribution is 2.40. The summed E-state index contributed by atoms with van der Waals surface area (Å²) in [5.74, 6) is -0.220. The number of nitrogens with one attached hydrogen (secondary N) is 2. The van der Waals surface area contributed by atoms with Gasteiger partial charge in [-0.05, 0) is 75.4 Å². The smallest absolute Gasteiger partial charge is 0.244 e. The van der Waals surface area contributed by atoms with Crippen LogP contribution in [-0.2, 0) is 9.59 Å². The Hall–Kier alpha value is -2.40. The standard InChI is InChI=1S/C30H46N2O3/c1-22(16-17-26-24(3)13-10-18-30(26,4)5)11-9-12-23(2)19-28(34)32-27(21-33)29(35)31-20-25-14-7-6-8-15-25/h9,11-12,16-17,19,25,27,33H,6-8,10,13-15,18,20-21H2,1-5H3,(H,31,35)(H,32,34)/t27-/m0/s1. The molecular formula is C30H46N2O3. The van der Waals surface area contributed by atoms with Crippen LogP contribution in [0.1, 0.15) is 86.0 Å². The minimum Gasteiger partial charge on any atom is -0.394 e. The highest BCUT2D eigenvalue weighted by atomic mass is 16.3. The molecule has 3 N–H and O–H groups in total. The molecule has 0 spiro atoms. The van der Waals surface area contributed by atoms with Gasteiger partial charge < -0.3 is 15.7 Å². The van der Waals surface area contributed by atoms with Gasteiger partial charge in [0.15, 0.2) is 0 Å². The first kappa shape index (κ1) is 28.8. The van der Waals surface area contributed by atoms with E-state index in [0.29, 0.717) is 12.5 Å². The van der Waals surface area contributed by atoms with Crippen LogP contribution in [0, 0.1) is 11.3 Å². The molecule has 0 bridgehead atoms. The van der Waals surface area contributed by atoms with E-state index in [2.05, 4.69) is 50.5 Å². The molecule has 0 aliphatic heterocycles. The summed E-state index contributed by atoms with van der Waals surface area (Å²) in [6.07, 6.45) is 21.3. The fraction of sp³-hybridized carbons (Fsp3) is 0.600. The summed E-state index contributed by atoms with van der Waals surface area (Å²) >= 11 is 0. The molecule has 5 heteroatoms. The molecule has 5 nitrogen and oxygen atoms in total. The van der Waals surface area contributed by atoms with Crippen molar-refractivity contribution in [1.82, 2.24) is 10.6 Å². The Balaban J connectivity index is 1.86. The zero-order valence-corrected chi connectivity index (χ0v) is 22.5. The van der Waals surface area contributed by atoms with Crippen LogP contribution in [-0.4, -0.2) is 36.1 Å². The van der Waals surface area contributed by atoms with Crippen LogP contribution in [0.4, 0.5) is 0 Å². The zero-order valence-electron chi connectivity index (χ0n) is 22.5. The van der Waals surface area contributed by atoms with E-state index in [0.717, 1.165) is 24.0 Å². The molecule has 0 radical (unpaired) electrons. The molecular weight excluding hydrogens is 436 g/mol. The van der Waals surface area contributed by atoms with Crippen LogP contribution >= 0.6 is 0 Å². The third-order valence-electron chi connectivity index (χ3n) is 7.24. The summed E-state index contributed by atoms with van der Waals surface area (Å²) in [4.78, 5) is 24.7. The summed E-state index contributed by atoms with van der Waals surface area (Å²) in [6, 6.07) is -0.937. The maximum absolute atomic E-state index is 12.4. The van der Waals surface area contributed by atoms with Gasteiger partial charge in [0.2, 0.25) is 11.8 Å². The topological polar surface area (TPSA) is 78.4 Å². The minimum absolute atomic E-state index is 0.223. The van der Waals surface area contributed by atoms with Crippen molar-refractivity contribution in [3.63, 3.8) is 0 Å². The van der Waals surface area contributed by atoms with E-state index in [1.165, 1.54) is 55.7 Å². The fourth-order valence-corrected chi connectivity index (χ4v) is 5.05. The van der Waals surface area contributed by atoms with Crippen LogP contribution in [0.3, 0.4) is 0 Å². The molecule has 2 aliphatic carbocycles. The van der Waals surface area contributed by atoms with E-state index in [4.69, 9.17) is 0 Å². The zero-order chi connectivity index (χ0) is 25.8. The second kappa shape index (κ2) is 14.2. The highest BCUT2D eigenvalue weighted by Gasteiger charge is 2.26. The summed E-state index contributed by atoms with van der Waals surface area (Å²) in [5, 5.41) is 15.1. The van der Waals surface area contributed by atoms with Gasteiger partial charge in [0.25, 0.3) is 0 Å². The second-order valence-corrected chi connectivity index (χ2v) is 10.9. The number of rotatable bonds is 10. The van der Waals surface area contributed by atoms with E-state index in [1.807, 2.05) is 25.2 Å². The van der Waals surface area contributed by atoms with E-state index in [9.17, 15) is 14.7 Å². The Labute approximate surface area is 212 Å². The van der Waals surface area contributed by atoms with Gasteiger partial charge in [-0.1, -0.05) is 74.6 Å². The predicted octanol–water partition coefficient (Wildman–Crippen LogP) is 5.69. The van der Waals surface area contributed by atoms with Crippen molar-refractivity contribution in [2.45, 2.75) is 92.0 Å². The Morgan fingerprint density at radius 2 is 1.80 bits per heavy atom. The first-order chi connectivity index (χ1) is 16.6. The van der Waals surface area contributed by atoms with E-state index in [-0.39, 0.29) is 17.2 Å². The number of hydrogen-bond acceptors (Lipinski definition) is 3. The molecule has 0 aromatic carbocycles. The van der Waals surface area contributed by atoms with Crippen LogP contribution in [0.2, 0.25) is 0 Å².